The largest absolute Gasteiger partial charge is 0.486 e. The molecule has 18 heavy (non-hydrogen) atoms. The molecule has 0 heterocycles. The van der Waals surface area contributed by atoms with E-state index in [0.717, 1.165) is 11.1 Å². The number of ether oxygens (including phenoxy) is 1. The van der Waals surface area contributed by atoms with Crippen molar-refractivity contribution in [3.63, 3.8) is 0 Å². The van der Waals surface area contributed by atoms with Crippen LogP contribution in [-0.2, 0) is 12.5 Å². The maximum Gasteiger partial charge on any atom is 0.156 e. The minimum Gasteiger partial charge on any atom is -0.486 e. The first kappa shape index (κ1) is 13.5. The van der Waals surface area contributed by atoms with Gasteiger partial charge in [-0.1, -0.05) is 53.5 Å². The number of halogens is 3. The van der Waals surface area contributed by atoms with Crippen LogP contribution in [0.3, 0.4) is 0 Å². The van der Waals surface area contributed by atoms with E-state index in [1.54, 1.807) is 18.2 Å². The fourth-order valence-corrected chi connectivity index (χ4v) is 2.19. The first-order chi connectivity index (χ1) is 8.70. The first-order valence-electron chi connectivity index (χ1n) is 5.41. The zero-order valence-corrected chi connectivity index (χ0v) is 11.8. The summed E-state index contributed by atoms with van der Waals surface area (Å²) in [5, 5.41) is 1.03. The van der Waals surface area contributed by atoms with E-state index >= 15 is 0 Å². The lowest BCUT2D eigenvalue weighted by atomic mass is 10.2. The van der Waals surface area contributed by atoms with E-state index in [0.29, 0.717) is 28.3 Å². The van der Waals surface area contributed by atoms with Gasteiger partial charge >= 0.3 is 0 Å². The van der Waals surface area contributed by atoms with Gasteiger partial charge in [0.05, 0.1) is 10.0 Å². The maximum atomic E-state index is 6.02. The zero-order valence-electron chi connectivity index (χ0n) is 9.50. The third kappa shape index (κ3) is 3.32. The van der Waals surface area contributed by atoms with Gasteiger partial charge in [-0.25, -0.2) is 0 Å². The number of hydrogen-bond donors (Lipinski definition) is 0. The molecule has 1 nitrogen and oxygen atoms in total. The van der Waals surface area contributed by atoms with Crippen molar-refractivity contribution in [2.24, 2.45) is 0 Å². The highest BCUT2D eigenvalue weighted by Crippen LogP contribution is 2.32. The topological polar surface area (TPSA) is 9.23 Å². The van der Waals surface area contributed by atoms with E-state index in [-0.39, 0.29) is 0 Å². The second-order valence-corrected chi connectivity index (χ2v) is 4.87. The molecule has 0 bridgehead atoms. The molecule has 2 rings (SSSR count). The quantitative estimate of drug-likeness (QED) is 0.695. The van der Waals surface area contributed by atoms with Crippen LogP contribution in [0.5, 0.6) is 5.75 Å². The normalized spacial score (nSPS) is 10.4. The molecular formula is C14H11Cl3O. The fraction of sp³-hybridized carbons (Fsp3) is 0.143. The Labute approximate surface area is 121 Å². The SMILES string of the molecule is ClCc1ccc(COc2c(Cl)cccc2Cl)cc1. The Morgan fingerprint density at radius 3 is 1.94 bits per heavy atom. The van der Waals surface area contributed by atoms with Crippen molar-refractivity contribution in [3.05, 3.63) is 63.6 Å². The van der Waals surface area contributed by atoms with Crippen LogP contribution >= 0.6 is 34.8 Å². The molecule has 0 saturated heterocycles. The summed E-state index contributed by atoms with van der Waals surface area (Å²) in [6, 6.07) is 13.2. The second kappa shape index (κ2) is 6.33. The molecule has 0 N–H and O–H groups in total. The van der Waals surface area contributed by atoms with Gasteiger partial charge in [0.25, 0.3) is 0 Å². The van der Waals surface area contributed by atoms with E-state index in [1.165, 1.54) is 0 Å². The summed E-state index contributed by atoms with van der Waals surface area (Å²) < 4.78 is 5.63. The molecule has 2 aromatic rings. The molecule has 0 atom stereocenters. The molecule has 0 aromatic heterocycles. The van der Waals surface area contributed by atoms with E-state index in [2.05, 4.69) is 0 Å². The first-order valence-corrected chi connectivity index (χ1v) is 6.70. The minimum atomic E-state index is 0.423. The van der Waals surface area contributed by atoms with Crippen molar-refractivity contribution < 1.29 is 4.74 Å². The van der Waals surface area contributed by atoms with Crippen molar-refractivity contribution in [1.29, 1.82) is 0 Å². The summed E-state index contributed by atoms with van der Waals surface area (Å²) in [6.45, 7) is 0.423. The van der Waals surface area contributed by atoms with Crippen LogP contribution in [0.25, 0.3) is 0 Å². The predicted octanol–water partition coefficient (Wildman–Crippen LogP) is 5.31. The average molecular weight is 302 g/mol. The second-order valence-electron chi connectivity index (χ2n) is 3.79. The van der Waals surface area contributed by atoms with Crippen LogP contribution in [0.1, 0.15) is 11.1 Å². The summed E-state index contributed by atoms with van der Waals surface area (Å²) in [6.07, 6.45) is 0. The fourth-order valence-electron chi connectivity index (χ4n) is 1.50. The highest BCUT2D eigenvalue weighted by atomic mass is 35.5. The Kier molecular flexibility index (Phi) is 4.76. The van der Waals surface area contributed by atoms with Gasteiger partial charge in [0.2, 0.25) is 0 Å². The molecule has 0 saturated carbocycles. The van der Waals surface area contributed by atoms with Crippen LogP contribution in [0.4, 0.5) is 0 Å². The van der Waals surface area contributed by atoms with Crippen molar-refractivity contribution in [1.82, 2.24) is 0 Å². The number of alkyl halides is 1. The van der Waals surface area contributed by atoms with Gasteiger partial charge in [0.1, 0.15) is 6.61 Å². The van der Waals surface area contributed by atoms with Gasteiger partial charge in [-0.15, -0.1) is 11.6 Å². The standard InChI is InChI=1S/C14H11Cl3O/c15-8-10-4-6-11(7-5-10)9-18-14-12(16)2-1-3-13(14)17/h1-7H,8-9H2. The van der Waals surface area contributed by atoms with E-state index in [9.17, 15) is 0 Å². The van der Waals surface area contributed by atoms with Gasteiger partial charge in [-0.05, 0) is 23.3 Å². The Bertz CT molecular complexity index is 503. The minimum absolute atomic E-state index is 0.423. The lowest BCUT2D eigenvalue weighted by Crippen LogP contribution is -1.96. The monoisotopic (exact) mass is 300 g/mol. The molecule has 0 unspecified atom stereocenters. The summed E-state index contributed by atoms with van der Waals surface area (Å²) >= 11 is 17.8. The van der Waals surface area contributed by atoms with Crippen LogP contribution in [0.2, 0.25) is 10.0 Å². The highest BCUT2D eigenvalue weighted by molar-refractivity contribution is 6.37. The third-order valence-corrected chi connectivity index (χ3v) is 3.38. The van der Waals surface area contributed by atoms with Crippen molar-refractivity contribution in [2.45, 2.75) is 12.5 Å². The molecule has 94 valence electrons. The van der Waals surface area contributed by atoms with Gasteiger partial charge in [0, 0.05) is 5.88 Å². The molecule has 0 aliphatic rings. The third-order valence-electron chi connectivity index (χ3n) is 2.48. The van der Waals surface area contributed by atoms with Crippen LogP contribution in [0.15, 0.2) is 42.5 Å². The van der Waals surface area contributed by atoms with E-state index < -0.39 is 0 Å². The maximum absolute atomic E-state index is 6.02. The van der Waals surface area contributed by atoms with E-state index in [1.807, 2.05) is 24.3 Å². The Morgan fingerprint density at radius 2 is 1.39 bits per heavy atom. The van der Waals surface area contributed by atoms with Crippen LogP contribution in [-0.4, -0.2) is 0 Å². The molecule has 4 heteroatoms. The highest BCUT2D eigenvalue weighted by Gasteiger charge is 2.06. The van der Waals surface area contributed by atoms with E-state index in [4.69, 9.17) is 39.5 Å². The van der Waals surface area contributed by atoms with Crippen molar-refractivity contribution in [2.75, 3.05) is 0 Å². The Hall–Kier alpha value is -0.890. The van der Waals surface area contributed by atoms with Crippen LogP contribution in [0, 0.1) is 0 Å². The summed E-state index contributed by atoms with van der Waals surface area (Å²) in [5.74, 6) is 1.03. The molecule has 0 aliphatic heterocycles. The average Bonchev–Trinajstić information content (AvgIpc) is 2.39. The number of benzene rings is 2. The predicted molar refractivity (Wildman–Crippen MR) is 76.8 cm³/mol. The molecule has 0 fully saturated rings. The van der Waals surface area contributed by atoms with Gasteiger partial charge < -0.3 is 4.74 Å². The van der Waals surface area contributed by atoms with Crippen molar-refractivity contribution >= 4 is 34.8 Å². The van der Waals surface area contributed by atoms with Crippen molar-refractivity contribution in [3.8, 4) is 5.75 Å². The zero-order chi connectivity index (χ0) is 13.0. The Morgan fingerprint density at radius 1 is 0.833 bits per heavy atom. The van der Waals surface area contributed by atoms with Crippen LogP contribution < -0.4 is 4.74 Å². The van der Waals surface area contributed by atoms with Gasteiger partial charge in [0.15, 0.2) is 5.75 Å². The Balaban J connectivity index is 2.06. The van der Waals surface area contributed by atoms with Gasteiger partial charge in [-0.2, -0.15) is 0 Å². The molecule has 0 spiro atoms. The number of hydrogen-bond acceptors (Lipinski definition) is 1. The molecule has 0 radical (unpaired) electrons. The summed E-state index contributed by atoms with van der Waals surface area (Å²) in [4.78, 5) is 0. The molecular weight excluding hydrogens is 291 g/mol. The lowest BCUT2D eigenvalue weighted by Gasteiger charge is -2.09. The smallest absolute Gasteiger partial charge is 0.156 e. The number of para-hydroxylation sites is 1. The number of rotatable bonds is 4. The molecule has 0 amide bonds. The lowest BCUT2D eigenvalue weighted by molar-refractivity contribution is 0.306. The molecule has 0 aliphatic carbocycles. The summed E-state index contributed by atoms with van der Waals surface area (Å²) in [5.41, 5.74) is 2.12. The van der Waals surface area contributed by atoms with Gasteiger partial charge in [-0.3, -0.25) is 0 Å². The molecule has 2 aromatic carbocycles. The summed E-state index contributed by atoms with van der Waals surface area (Å²) in [7, 11) is 0.